The molecule has 28 heavy (non-hydrogen) atoms. The number of nitrogens with one attached hydrogen (secondary N) is 1. The van der Waals surface area contributed by atoms with Crippen molar-refractivity contribution < 1.29 is 23.8 Å². The fraction of sp³-hybridized carbons (Fsp3) is 0.143. The number of carbonyl (C=O) groups excluding carboxylic acids is 2. The van der Waals surface area contributed by atoms with Gasteiger partial charge in [-0.15, -0.1) is 0 Å². The zero-order chi connectivity index (χ0) is 20.1. The second-order valence-electron chi connectivity index (χ2n) is 5.77. The molecule has 7 heteroatoms. The molecule has 2 aromatic rings. The van der Waals surface area contributed by atoms with Crippen molar-refractivity contribution in [3.8, 4) is 11.5 Å². The van der Waals surface area contributed by atoms with Crippen LogP contribution in [0.3, 0.4) is 0 Å². The number of benzene rings is 2. The Labute approximate surface area is 167 Å². The highest BCUT2D eigenvalue weighted by atomic mass is 35.5. The molecule has 0 aliphatic carbocycles. The van der Waals surface area contributed by atoms with E-state index in [0.717, 1.165) is 0 Å². The molecule has 1 aliphatic heterocycles. The summed E-state index contributed by atoms with van der Waals surface area (Å²) in [5.41, 5.74) is 1.55. The molecule has 0 spiro atoms. The molecule has 0 aromatic heterocycles. The number of carbonyl (C=O) groups is 2. The molecule has 1 amide bonds. The van der Waals surface area contributed by atoms with Crippen LogP contribution >= 0.6 is 11.6 Å². The Kier molecular flexibility index (Phi) is 6.01. The van der Waals surface area contributed by atoms with Gasteiger partial charge in [-0.2, -0.15) is 0 Å². The van der Waals surface area contributed by atoms with Crippen LogP contribution in [0.4, 0.5) is 5.69 Å². The molecule has 0 saturated heterocycles. The summed E-state index contributed by atoms with van der Waals surface area (Å²) in [7, 11) is 1.51. The number of methoxy groups -OCH3 is 1. The van der Waals surface area contributed by atoms with Gasteiger partial charge in [0.2, 0.25) is 0 Å². The van der Waals surface area contributed by atoms with Crippen molar-refractivity contribution in [2.75, 3.05) is 19.0 Å². The second-order valence-corrected chi connectivity index (χ2v) is 6.20. The Morgan fingerprint density at radius 2 is 2.00 bits per heavy atom. The van der Waals surface area contributed by atoms with E-state index in [1.165, 1.54) is 19.4 Å². The van der Waals surface area contributed by atoms with E-state index in [9.17, 15) is 9.59 Å². The van der Waals surface area contributed by atoms with Gasteiger partial charge in [0.05, 0.1) is 31.2 Å². The Hall–Kier alpha value is -3.25. The van der Waals surface area contributed by atoms with Crippen molar-refractivity contribution in [3.05, 3.63) is 70.5 Å². The molecule has 144 valence electrons. The number of rotatable bonds is 5. The van der Waals surface area contributed by atoms with Crippen LogP contribution in [0, 0.1) is 0 Å². The average Bonchev–Trinajstić information content (AvgIpc) is 2.90. The third-order valence-electron chi connectivity index (χ3n) is 3.95. The maximum atomic E-state index is 12.8. The van der Waals surface area contributed by atoms with Gasteiger partial charge in [-0.3, -0.25) is 4.79 Å². The van der Waals surface area contributed by atoms with Crippen LogP contribution in [-0.2, 0) is 9.53 Å². The molecule has 1 heterocycles. The van der Waals surface area contributed by atoms with Crippen LogP contribution in [0.2, 0.25) is 5.02 Å². The quantitative estimate of drug-likeness (QED) is 0.752. The fourth-order valence-corrected chi connectivity index (χ4v) is 2.90. The van der Waals surface area contributed by atoms with E-state index in [-0.39, 0.29) is 12.2 Å². The van der Waals surface area contributed by atoms with Gasteiger partial charge in [-0.1, -0.05) is 23.7 Å². The van der Waals surface area contributed by atoms with Gasteiger partial charge in [0, 0.05) is 22.2 Å². The van der Waals surface area contributed by atoms with E-state index in [0.29, 0.717) is 33.3 Å². The van der Waals surface area contributed by atoms with Crippen LogP contribution < -0.4 is 14.8 Å². The van der Waals surface area contributed by atoms with E-state index < -0.39 is 11.9 Å². The number of ether oxygens (including phenoxy) is 3. The summed E-state index contributed by atoms with van der Waals surface area (Å²) >= 11 is 6.12. The minimum atomic E-state index is -0.506. The van der Waals surface area contributed by atoms with Gasteiger partial charge in [0.15, 0.2) is 11.5 Å². The monoisotopic (exact) mass is 399 g/mol. The predicted molar refractivity (Wildman–Crippen MR) is 107 cm³/mol. The standard InChI is InChI=1S/C21H18ClNO5/c1-3-27-21(25)16-6-4-5-7-17(16)23-20(24)13-8-9-28-19-14(10-13)11-15(22)12-18(19)26-2/h4-12H,3H2,1-2H3,(H,23,24). The van der Waals surface area contributed by atoms with Gasteiger partial charge in [0.1, 0.15) is 0 Å². The fourth-order valence-electron chi connectivity index (χ4n) is 2.68. The first-order valence-electron chi connectivity index (χ1n) is 8.53. The molecule has 6 nitrogen and oxygen atoms in total. The van der Waals surface area contributed by atoms with Crippen molar-refractivity contribution in [3.63, 3.8) is 0 Å². The second kappa shape index (κ2) is 8.63. The molecular weight excluding hydrogens is 382 g/mol. The Morgan fingerprint density at radius 3 is 2.75 bits per heavy atom. The largest absolute Gasteiger partial charge is 0.493 e. The third kappa shape index (κ3) is 4.18. The van der Waals surface area contributed by atoms with E-state index in [1.54, 1.807) is 49.4 Å². The lowest BCUT2D eigenvalue weighted by atomic mass is 10.1. The Balaban J connectivity index is 1.92. The van der Waals surface area contributed by atoms with Crippen molar-refractivity contribution in [2.45, 2.75) is 6.92 Å². The van der Waals surface area contributed by atoms with Gasteiger partial charge in [0.25, 0.3) is 5.91 Å². The van der Waals surface area contributed by atoms with Crippen LogP contribution in [-0.4, -0.2) is 25.6 Å². The highest BCUT2D eigenvalue weighted by Crippen LogP contribution is 2.37. The van der Waals surface area contributed by atoms with E-state index >= 15 is 0 Å². The molecule has 2 aromatic carbocycles. The summed E-state index contributed by atoms with van der Waals surface area (Å²) in [5.74, 6) is -0.00651. The zero-order valence-electron chi connectivity index (χ0n) is 15.3. The van der Waals surface area contributed by atoms with Gasteiger partial charge >= 0.3 is 5.97 Å². The first-order valence-corrected chi connectivity index (χ1v) is 8.91. The SMILES string of the molecule is CCOC(=O)c1ccccc1NC(=O)C1=Cc2cc(Cl)cc(OC)c2OC=C1. The third-order valence-corrected chi connectivity index (χ3v) is 4.16. The highest BCUT2D eigenvalue weighted by Gasteiger charge is 2.19. The number of hydrogen-bond acceptors (Lipinski definition) is 5. The van der Waals surface area contributed by atoms with Crippen LogP contribution in [0.1, 0.15) is 22.8 Å². The average molecular weight is 400 g/mol. The van der Waals surface area contributed by atoms with E-state index in [2.05, 4.69) is 5.32 Å². The summed E-state index contributed by atoms with van der Waals surface area (Å²) < 4.78 is 15.9. The first kappa shape index (κ1) is 19.5. The number of para-hydroxylation sites is 1. The lowest BCUT2D eigenvalue weighted by Gasteiger charge is -2.11. The number of amides is 1. The van der Waals surface area contributed by atoms with Crippen molar-refractivity contribution in [1.29, 1.82) is 0 Å². The van der Waals surface area contributed by atoms with Gasteiger partial charge < -0.3 is 19.5 Å². The molecular formula is C21H18ClNO5. The number of fused-ring (bicyclic) bond motifs is 1. The minimum Gasteiger partial charge on any atom is -0.493 e. The summed E-state index contributed by atoms with van der Waals surface area (Å²) in [4.78, 5) is 24.9. The first-order chi connectivity index (χ1) is 13.5. The molecule has 0 bridgehead atoms. The molecule has 3 rings (SSSR count). The predicted octanol–water partition coefficient (Wildman–Crippen LogP) is 4.45. The maximum absolute atomic E-state index is 12.8. The van der Waals surface area contributed by atoms with Gasteiger partial charge in [-0.25, -0.2) is 4.79 Å². The topological polar surface area (TPSA) is 73.9 Å². The summed E-state index contributed by atoms with van der Waals surface area (Å²) in [6, 6.07) is 9.95. The zero-order valence-corrected chi connectivity index (χ0v) is 16.1. The summed E-state index contributed by atoms with van der Waals surface area (Å²) in [6.45, 7) is 1.96. The highest BCUT2D eigenvalue weighted by molar-refractivity contribution is 6.31. The maximum Gasteiger partial charge on any atom is 0.340 e. The van der Waals surface area contributed by atoms with E-state index in [1.807, 2.05) is 0 Å². The van der Waals surface area contributed by atoms with Crippen molar-refractivity contribution >= 4 is 35.2 Å². The lowest BCUT2D eigenvalue weighted by Crippen LogP contribution is -2.16. The molecule has 0 fully saturated rings. The summed E-state index contributed by atoms with van der Waals surface area (Å²) in [6.07, 6.45) is 4.55. The van der Waals surface area contributed by atoms with E-state index in [4.69, 9.17) is 25.8 Å². The molecule has 0 saturated carbocycles. The molecule has 0 unspecified atom stereocenters. The number of halogens is 1. The van der Waals surface area contributed by atoms with Crippen LogP contribution in [0.25, 0.3) is 6.08 Å². The normalized spacial score (nSPS) is 12.2. The molecule has 0 radical (unpaired) electrons. The molecule has 1 N–H and O–H groups in total. The number of esters is 1. The lowest BCUT2D eigenvalue weighted by molar-refractivity contribution is -0.112. The van der Waals surface area contributed by atoms with Crippen molar-refractivity contribution in [1.82, 2.24) is 0 Å². The Morgan fingerprint density at radius 1 is 1.21 bits per heavy atom. The Bertz CT molecular complexity index is 981. The number of hydrogen-bond donors (Lipinski definition) is 1. The summed E-state index contributed by atoms with van der Waals surface area (Å²) in [5, 5.41) is 3.19. The van der Waals surface area contributed by atoms with Crippen LogP contribution in [0.15, 0.2) is 54.3 Å². The smallest absolute Gasteiger partial charge is 0.340 e. The molecule has 0 atom stereocenters. The number of anilines is 1. The van der Waals surface area contributed by atoms with Crippen molar-refractivity contribution in [2.24, 2.45) is 0 Å². The van der Waals surface area contributed by atoms with Gasteiger partial charge in [-0.05, 0) is 37.3 Å². The molecule has 1 aliphatic rings. The van der Waals surface area contributed by atoms with Crippen LogP contribution in [0.5, 0.6) is 11.5 Å². The minimum absolute atomic E-state index is 0.242.